The van der Waals surface area contributed by atoms with Gasteiger partial charge in [0.1, 0.15) is 5.69 Å². The molecule has 0 saturated heterocycles. The highest BCUT2D eigenvalue weighted by atomic mass is 79.9. The molecule has 1 heterocycles. The lowest BCUT2D eigenvalue weighted by Crippen LogP contribution is -2.11. The molecule has 1 aromatic heterocycles. The molecule has 0 saturated carbocycles. The first kappa shape index (κ1) is 12.4. The van der Waals surface area contributed by atoms with Crippen molar-refractivity contribution < 1.29 is 22.0 Å². The molecular formula is C8H5BrF5N. The predicted octanol–water partition coefficient (Wildman–Crippen LogP) is 4.11. The first-order chi connectivity index (χ1) is 6.75. The lowest BCUT2D eigenvalue weighted by Gasteiger charge is -2.14. The Bertz CT molecular complexity index is 374. The van der Waals surface area contributed by atoms with Crippen molar-refractivity contribution in [2.45, 2.75) is 19.5 Å². The van der Waals surface area contributed by atoms with Gasteiger partial charge in [-0.1, -0.05) is 0 Å². The normalized spacial score (nSPS) is 12.3. The summed E-state index contributed by atoms with van der Waals surface area (Å²) in [5.74, 6) is 0. The molecule has 15 heavy (non-hydrogen) atoms. The third-order valence-electron chi connectivity index (χ3n) is 1.73. The van der Waals surface area contributed by atoms with Gasteiger partial charge in [0.15, 0.2) is 0 Å². The van der Waals surface area contributed by atoms with Gasteiger partial charge >= 0.3 is 6.18 Å². The molecular weight excluding hydrogens is 285 g/mol. The average molecular weight is 290 g/mol. The highest BCUT2D eigenvalue weighted by Gasteiger charge is 2.37. The lowest BCUT2D eigenvalue weighted by atomic mass is 10.1. The van der Waals surface area contributed by atoms with Crippen molar-refractivity contribution in [1.29, 1.82) is 0 Å². The van der Waals surface area contributed by atoms with Crippen molar-refractivity contribution in [2.24, 2.45) is 0 Å². The molecule has 1 aromatic rings. The molecule has 0 bridgehead atoms. The van der Waals surface area contributed by atoms with Crippen LogP contribution in [0.2, 0.25) is 0 Å². The Balaban J connectivity index is 3.44. The number of aromatic nitrogens is 1. The van der Waals surface area contributed by atoms with Crippen LogP contribution in [0.4, 0.5) is 22.0 Å². The zero-order chi connectivity index (χ0) is 11.8. The van der Waals surface area contributed by atoms with Crippen molar-refractivity contribution in [3.8, 4) is 0 Å². The van der Waals surface area contributed by atoms with Gasteiger partial charge in [-0.3, -0.25) is 4.98 Å². The standard InChI is InChI=1S/C8H5BrF5N/c1-3-2-15-6(7(10)11)5(9)4(3)8(12,13)14/h2,7H,1H3. The molecule has 0 aliphatic rings. The second kappa shape index (κ2) is 4.03. The summed E-state index contributed by atoms with van der Waals surface area (Å²) in [5.41, 5.74) is -2.19. The minimum atomic E-state index is -4.67. The van der Waals surface area contributed by atoms with Crippen molar-refractivity contribution >= 4 is 15.9 Å². The quantitative estimate of drug-likeness (QED) is 0.709. The fourth-order valence-electron chi connectivity index (χ4n) is 1.09. The van der Waals surface area contributed by atoms with Crippen LogP contribution >= 0.6 is 15.9 Å². The lowest BCUT2D eigenvalue weighted by molar-refractivity contribution is -0.138. The van der Waals surface area contributed by atoms with Crippen LogP contribution in [0, 0.1) is 6.92 Å². The van der Waals surface area contributed by atoms with E-state index in [4.69, 9.17) is 0 Å². The summed E-state index contributed by atoms with van der Waals surface area (Å²) in [5, 5.41) is 0. The second-order valence-electron chi connectivity index (χ2n) is 2.81. The molecule has 0 atom stereocenters. The third-order valence-corrected chi connectivity index (χ3v) is 2.53. The largest absolute Gasteiger partial charge is 0.417 e. The number of pyridine rings is 1. The van der Waals surface area contributed by atoms with Crippen molar-refractivity contribution in [1.82, 2.24) is 4.98 Å². The van der Waals surface area contributed by atoms with E-state index < -0.39 is 28.3 Å². The van der Waals surface area contributed by atoms with Crippen LogP contribution < -0.4 is 0 Å². The molecule has 1 nitrogen and oxygen atoms in total. The maximum Gasteiger partial charge on any atom is 0.417 e. The van der Waals surface area contributed by atoms with Crippen LogP contribution in [-0.2, 0) is 6.18 Å². The molecule has 0 aliphatic heterocycles. The van der Waals surface area contributed by atoms with Crippen LogP contribution in [0.5, 0.6) is 0 Å². The number of hydrogen-bond acceptors (Lipinski definition) is 1. The first-order valence-electron chi connectivity index (χ1n) is 3.75. The van der Waals surface area contributed by atoms with Crippen molar-refractivity contribution in [3.63, 3.8) is 0 Å². The Kier molecular flexibility index (Phi) is 3.32. The minimum Gasteiger partial charge on any atom is -0.254 e. The fraction of sp³-hybridized carbons (Fsp3) is 0.375. The van der Waals surface area contributed by atoms with E-state index in [1.165, 1.54) is 0 Å². The molecule has 0 amide bonds. The van der Waals surface area contributed by atoms with Gasteiger partial charge in [-0.25, -0.2) is 8.78 Å². The predicted molar refractivity (Wildman–Crippen MR) is 46.6 cm³/mol. The van der Waals surface area contributed by atoms with Crippen LogP contribution in [0.1, 0.15) is 23.2 Å². The van der Waals surface area contributed by atoms with Crippen molar-refractivity contribution in [2.75, 3.05) is 0 Å². The first-order valence-corrected chi connectivity index (χ1v) is 4.54. The maximum atomic E-state index is 12.5. The smallest absolute Gasteiger partial charge is 0.254 e. The van der Waals surface area contributed by atoms with Crippen LogP contribution in [0.3, 0.4) is 0 Å². The van der Waals surface area contributed by atoms with E-state index in [1.54, 1.807) is 0 Å². The highest BCUT2D eigenvalue weighted by Crippen LogP contribution is 2.40. The van der Waals surface area contributed by atoms with E-state index >= 15 is 0 Å². The molecule has 84 valence electrons. The van der Waals surface area contributed by atoms with Gasteiger partial charge in [-0.15, -0.1) is 0 Å². The summed E-state index contributed by atoms with van der Waals surface area (Å²) in [6.45, 7) is 1.16. The van der Waals surface area contributed by atoms with Gasteiger partial charge in [0.2, 0.25) is 0 Å². The summed E-state index contributed by atoms with van der Waals surface area (Å²) < 4.78 is 61.2. The summed E-state index contributed by atoms with van der Waals surface area (Å²) in [4.78, 5) is 3.25. The number of aryl methyl sites for hydroxylation is 1. The Morgan fingerprint density at radius 1 is 1.33 bits per heavy atom. The number of alkyl halides is 5. The van der Waals surface area contributed by atoms with Gasteiger partial charge in [-0.05, 0) is 28.4 Å². The molecule has 1 rings (SSSR count). The number of hydrogen-bond donors (Lipinski definition) is 0. The summed E-state index contributed by atoms with van der Waals surface area (Å²) in [7, 11) is 0. The molecule has 0 radical (unpaired) electrons. The van der Waals surface area contributed by atoms with E-state index in [1.807, 2.05) is 0 Å². The van der Waals surface area contributed by atoms with E-state index in [0.29, 0.717) is 0 Å². The van der Waals surface area contributed by atoms with Gasteiger partial charge in [0, 0.05) is 6.20 Å². The van der Waals surface area contributed by atoms with Crippen LogP contribution in [-0.4, -0.2) is 4.98 Å². The molecule has 0 N–H and O–H groups in total. The maximum absolute atomic E-state index is 12.5. The minimum absolute atomic E-state index is 0.196. The topological polar surface area (TPSA) is 12.9 Å². The van der Waals surface area contributed by atoms with E-state index in [-0.39, 0.29) is 5.56 Å². The van der Waals surface area contributed by atoms with E-state index in [9.17, 15) is 22.0 Å². The molecule has 0 fully saturated rings. The molecule has 0 unspecified atom stereocenters. The average Bonchev–Trinajstić information content (AvgIpc) is 2.00. The van der Waals surface area contributed by atoms with Gasteiger partial charge < -0.3 is 0 Å². The zero-order valence-corrected chi connectivity index (χ0v) is 8.96. The third kappa shape index (κ3) is 2.45. The van der Waals surface area contributed by atoms with Crippen molar-refractivity contribution in [3.05, 3.63) is 27.5 Å². The summed E-state index contributed by atoms with van der Waals surface area (Å²) >= 11 is 2.51. The molecule has 0 aromatic carbocycles. The Morgan fingerprint density at radius 3 is 2.27 bits per heavy atom. The zero-order valence-electron chi connectivity index (χ0n) is 7.37. The van der Waals surface area contributed by atoms with E-state index in [0.717, 1.165) is 13.1 Å². The van der Waals surface area contributed by atoms with Gasteiger partial charge in [0.05, 0.1) is 10.0 Å². The summed E-state index contributed by atoms with van der Waals surface area (Å²) in [6, 6.07) is 0. The number of halogens is 6. The second-order valence-corrected chi connectivity index (χ2v) is 3.61. The van der Waals surface area contributed by atoms with Gasteiger partial charge in [-0.2, -0.15) is 13.2 Å². The fourth-order valence-corrected chi connectivity index (χ4v) is 1.90. The van der Waals surface area contributed by atoms with Crippen LogP contribution in [0.15, 0.2) is 10.7 Å². The number of rotatable bonds is 1. The number of nitrogens with zero attached hydrogens (tertiary/aromatic N) is 1. The Hall–Kier alpha value is -0.720. The molecule has 0 aliphatic carbocycles. The summed E-state index contributed by atoms with van der Waals surface area (Å²) in [6.07, 6.45) is -6.93. The Labute approximate surface area is 90.4 Å². The van der Waals surface area contributed by atoms with Crippen LogP contribution in [0.25, 0.3) is 0 Å². The molecule has 7 heteroatoms. The van der Waals surface area contributed by atoms with Gasteiger partial charge in [0.25, 0.3) is 6.43 Å². The van der Waals surface area contributed by atoms with E-state index in [2.05, 4.69) is 20.9 Å². The SMILES string of the molecule is Cc1cnc(C(F)F)c(Br)c1C(F)(F)F. The molecule has 0 spiro atoms. The monoisotopic (exact) mass is 289 g/mol. The highest BCUT2D eigenvalue weighted by molar-refractivity contribution is 9.10. The Morgan fingerprint density at radius 2 is 1.87 bits per heavy atom.